The van der Waals surface area contributed by atoms with Crippen molar-refractivity contribution in [1.82, 2.24) is 0 Å². The number of Topliss-reactive ketones (excluding diaryl/α,β-unsaturated/α-hetero) is 1. The van der Waals surface area contributed by atoms with E-state index < -0.39 is 37.3 Å². The van der Waals surface area contributed by atoms with Crippen LogP contribution in [0.3, 0.4) is 0 Å². The van der Waals surface area contributed by atoms with Crippen LogP contribution in [0.1, 0.15) is 0 Å². The van der Waals surface area contributed by atoms with Gasteiger partial charge in [-0.05, 0) is 0 Å². The molecule has 5 N–H and O–H groups in total. The van der Waals surface area contributed by atoms with Crippen LogP contribution < -0.4 is 0 Å². The first-order valence-corrected chi connectivity index (χ1v) is 3.33. The Morgan fingerprint density at radius 3 is 1.92 bits per heavy atom. The Hall–Kier alpha value is 0.392. The molecule has 0 spiro atoms. The van der Waals surface area contributed by atoms with Gasteiger partial charge in [-0.25, -0.2) is 0 Å². The van der Waals surface area contributed by atoms with Gasteiger partial charge in [-0.15, -0.1) is 0 Å². The van der Waals surface area contributed by atoms with Gasteiger partial charge in [0.05, 0.1) is 6.61 Å². The second-order valence-electron chi connectivity index (χ2n) is 2.31. The Balaban J connectivity index is 0. The zero-order chi connectivity index (χ0) is 9.72. The van der Waals surface area contributed by atoms with Crippen LogP contribution in [0.15, 0.2) is 0 Å². The van der Waals surface area contributed by atoms with E-state index in [1.165, 1.54) is 0 Å². The van der Waals surface area contributed by atoms with Crippen molar-refractivity contribution in [3.8, 4) is 0 Å². The maximum absolute atomic E-state index is 10.5. The quantitative estimate of drug-likeness (QED) is 0.304. The molecule has 0 aliphatic heterocycles. The summed E-state index contributed by atoms with van der Waals surface area (Å²) in [6.07, 6.45) is -5.22. The van der Waals surface area contributed by atoms with Gasteiger partial charge in [0, 0.05) is 0 Å². The maximum atomic E-state index is 10.5. The van der Waals surface area contributed by atoms with Crippen molar-refractivity contribution in [2.24, 2.45) is 0 Å². The van der Waals surface area contributed by atoms with E-state index >= 15 is 0 Å². The molecule has 0 bridgehead atoms. The minimum atomic E-state index is -1.86. The Morgan fingerprint density at radius 2 is 1.62 bits per heavy atom. The molecule has 7 heteroatoms. The fraction of sp³-hybridized carbons (Fsp3) is 0.833. The molecular formula is C6H14O6Pb. The molecular weight excluding hydrogens is 375 g/mol. The first-order chi connectivity index (χ1) is 5.54. The number of aliphatic hydroxyl groups excluding tert-OH is 5. The molecule has 0 saturated heterocycles. The molecule has 0 aliphatic rings. The van der Waals surface area contributed by atoms with Crippen LogP contribution in [0.2, 0.25) is 0 Å². The van der Waals surface area contributed by atoms with Crippen molar-refractivity contribution in [3.63, 3.8) is 0 Å². The van der Waals surface area contributed by atoms with Crippen LogP contribution in [0.5, 0.6) is 0 Å². The summed E-state index contributed by atoms with van der Waals surface area (Å²) in [6.45, 7) is -1.69. The number of carbonyl (C=O) groups excluding carboxylic acids is 1. The van der Waals surface area contributed by atoms with Gasteiger partial charge < -0.3 is 25.5 Å². The Morgan fingerprint density at radius 1 is 1.15 bits per heavy atom. The molecule has 3 unspecified atom stereocenters. The standard InChI is InChI=1S/C6H12O6.Pb.2H/c7-1-3(9)5(11)6(12)4(10)2-8;;;/h3,5-9,11-12H,1-2H2;;;. The summed E-state index contributed by atoms with van der Waals surface area (Å²) >= 11 is 0. The van der Waals surface area contributed by atoms with Gasteiger partial charge >= 0.3 is 27.3 Å². The monoisotopic (exact) mass is 390 g/mol. The van der Waals surface area contributed by atoms with Crippen LogP contribution in [0, 0.1) is 0 Å². The summed E-state index contributed by atoms with van der Waals surface area (Å²) in [6, 6.07) is 0. The van der Waals surface area contributed by atoms with Gasteiger partial charge in [-0.2, -0.15) is 0 Å². The van der Waals surface area contributed by atoms with E-state index in [2.05, 4.69) is 0 Å². The normalized spacial score (nSPS) is 17.0. The first kappa shape index (κ1) is 15.8. The van der Waals surface area contributed by atoms with E-state index in [0.29, 0.717) is 0 Å². The molecule has 13 heavy (non-hydrogen) atoms. The van der Waals surface area contributed by atoms with E-state index in [9.17, 15) is 4.79 Å². The summed E-state index contributed by atoms with van der Waals surface area (Å²) in [5, 5.41) is 43.1. The van der Waals surface area contributed by atoms with E-state index in [1.54, 1.807) is 0 Å². The van der Waals surface area contributed by atoms with Gasteiger partial charge in [0.25, 0.3) is 0 Å². The number of ketones is 1. The Labute approximate surface area is 95.0 Å². The average Bonchev–Trinajstić information content (AvgIpc) is 2.12. The Kier molecular flexibility index (Phi) is 9.46. The Bertz CT molecular complexity index is 152. The molecule has 78 valence electrons. The molecule has 0 aromatic rings. The fourth-order valence-electron chi connectivity index (χ4n) is 0.602. The second-order valence-corrected chi connectivity index (χ2v) is 2.31. The SMILES string of the molecule is O=C(CO)C(O)C(O)C(O)CO.[PbH2]. The number of carbonyl (C=O) groups is 1. The topological polar surface area (TPSA) is 118 Å². The third kappa shape index (κ3) is 4.98. The molecule has 0 aromatic heterocycles. The van der Waals surface area contributed by atoms with Crippen molar-refractivity contribution in [2.45, 2.75) is 18.3 Å². The molecule has 0 saturated carbocycles. The van der Waals surface area contributed by atoms with E-state index in [1.807, 2.05) is 0 Å². The van der Waals surface area contributed by atoms with Crippen molar-refractivity contribution in [3.05, 3.63) is 0 Å². The molecule has 0 fully saturated rings. The zero-order valence-corrected chi connectivity index (χ0v) is 12.5. The van der Waals surface area contributed by atoms with Gasteiger partial charge in [-0.1, -0.05) is 0 Å². The predicted octanol–water partition coefficient (Wildman–Crippen LogP) is -4.29. The van der Waals surface area contributed by atoms with Gasteiger partial charge in [0.1, 0.15) is 24.9 Å². The minimum absolute atomic E-state index is 0. The van der Waals surface area contributed by atoms with E-state index in [4.69, 9.17) is 25.5 Å². The van der Waals surface area contributed by atoms with Gasteiger partial charge in [0.15, 0.2) is 5.78 Å². The van der Waals surface area contributed by atoms with Crippen LogP contribution in [-0.2, 0) is 4.79 Å². The van der Waals surface area contributed by atoms with Crippen LogP contribution >= 0.6 is 0 Å². The molecule has 2 radical (unpaired) electrons. The molecule has 6 nitrogen and oxygen atoms in total. The second kappa shape index (κ2) is 7.76. The fourth-order valence-corrected chi connectivity index (χ4v) is 0.602. The van der Waals surface area contributed by atoms with Gasteiger partial charge in [0.2, 0.25) is 0 Å². The molecule has 3 atom stereocenters. The summed E-state index contributed by atoms with van der Waals surface area (Å²) in [7, 11) is 0. The van der Waals surface area contributed by atoms with Crippen molar-refractivity contribution >= 4 is 33.1 Å². The number of hydrogen-bond donors (Lipinski definition) is 5. The van der Waals surface area contributed by atoms with Crippen molar-refractivity contribution in [2.75, 3.05) is 13.2 Å². The molecule has 0 heterocycles. The van der Waals surface area contributed by atoms with E-state index in [-0.39, 0.29) is 27.3 Å². The van der Waals surface area contributed by atoms with Crippen LogP contribution in [0.4, 0.5) is 0 Å². The first-order valence-electron chi connectivity index (χ1n) is 3.33. The third-order valence-electron chi connectivity index (χ3n) is 1.39. The average molecular weight is 389 g/mol. The number of aliphatic hydroxyl groups is 5. The summed E-state index contributed by atoms with van der Waals surface area (Å²) in [5.41, 5.74) is 0. The molecule has 0 aliphatic carbocycles. The number of hydrogen-bond acceptors (Lipinski definition) is 6. The van der Waals surface area contributed by atoms with Crippen LogP contribution in [-0.4, -0.2) is 90.1 Å². The molecule has 0 amide bonds. The zero-order valence-electron chi connectivity index (χ0n) is 7.00. The third-order valence-corrected chi connectivity index (χ3v) is 1.39. The van der Waals surface area contributed by atoms with Crippen LogP contribution in [0.25, 0.3) is 0 Å². The van der Waals surface area contributed by atoms with Crippen molar-refractivity contribution in [1.29, 1.82) is 0 Å². The van der Waals surface area contributed by atoms with E-state index in [0.717, 1.165) is 0 Å². The molecule has 0 aromatic carbocycles. The summed E-state index contributed by atoms with van der Waals surface area (Å²) in [4.78, 5) is 10.5. The predicted molar refractivity (Wildman–Crippen MR) is 45.7 cm³/mol. The number of rotatable bonds is 5. The molecule has 0 rings (SSSR count). The summed E-state index contributed by atoms with van der Waals surface area (Å²) in [5.74, 6) is -1.00. The summed E-state index contributed by atoms with van der Waals surface area (Å²) < 4.78 is 0. The van der Waals surface area contributed by atoms with Gasteiger partial charge in [-0.3, -0.25) is 4.79 Å². The van der Waals surface area contributed by atoms with Crippen molar-refractivity contribution < 1.29 is 30.3 Å².